The summed E-state index contributed by atoms with van der Waals surface area (Å²) < 4.78 is 34.0. The van der Waals surface area contributed by atoms with Gasteiger partial charge in [-0.2, -0.15) is 9.40 Å². The molecule has 1 aliphatic heterocycles. The quantitative estimate of drug-likeness (QED) is 0.613. The lowest BCUT2D eigenvalue weighted by molar-refractivity contribution is -0.126. The predicted molar refractivity (Wildman–Crippen MR) is 114 cm³/mol. The first-order valence-corrected chi connectivity index (χ1v) is 11.7. The van der Waals surface area contributed by atoms with Gasteiger partial charge in [0.05, 0.1) is 17.6 Å². The Kier molecular flexibility index (Phi) is 7.45. The number of piperidine rings is 1. The predicted octanol–water partition coefficient (Wildman–Crippen LogP) is 1.52. The maximum Gasteiger partial charge on any atom is 0.339 e. The summed E-state index contributed by atoms with van der Waals surface area (Å²) in [5, 5.41) is 7.14. The van der Waals surface area contributed by atoms with Crippen LogP contribution in [0.5, 0.6) is 0 Å². The molecular weight excluding hydrogens is 420 g/mol. The van der Waals surface area contributed by atoms with Crippen LogP contribution in [0, 0.1) is 11.8 Å². The third kappa shape index (κ3) is 5.50. The maximum absolute atomic E-state index is 13.1. The zero-order valence-corrected chi connectivity index (χ0v) is 18.5. The number of benzene rings is 1. The number of hydrogen-bond donors (Lipinski definition) is 1. The van der Waals surface area contributed by atoms with Gasteiger partial charge in [-0.25, -0.2) is 13.2 Å². The van der Waals surface area contributed by atoms with Gasteiger partial charge in [0.2, 0.25) is 15.9 Å². The third-order valence-corrected chi connectivity index (χ3v) is 7.37. The smallest absolute Gasteiger partial charge is 0.339 e. The number of amides is 1. The Morgan fingerprint density at radius 2 is 1.94 bits per heavy atom. The lowest BCUT2D eigenvalue weighted by Gasteiger charge is -2.31. The van der Waals surface area contributed by atoms with Crippen LogP contribution in [0.15, 0.2) is 47.6 Å². The number of hydrogen-bond acceptors (Lipinski definition) is 6. The monoisotopic (exact) mass is 448 g/mol. The Bertz CT molecular complexity index is 999. The highest BCUT2D eigenvalue weighted by Gasteiger charge is 2.34. The molecule has 0 spiro atoms. The molecule has 1 fully saturated rings. The van der Waals surface area contributed by atoms with Gasteiger partial charge in [0, 0.05) is 44.5 Å². The summed E-state index contributed by atoms with van der Waals surface area (Å²) in [6, 6.07) is 7.86. The number of nitrogens with one attached hydrogen (secondary N) is 1. The van der Waals surface area contributed by atoms with E-state index in [1.54, 1.807) is 18.3 Å². The molecule has 0 saturated carbocycles. The van der Waals surface area contributed by atoms with Gasteiger partial charge in [-0.05, 0) is 37.0 Å². The number of aromatic nitrogens is 2. The molecule has 0 bridgehead atoms. The van der Waals surface area contributed by atoms with E-state index in [2.05, 4.69) is 10.4 Å². The average Bonchev–Trinajstić information content (AvgIpc) is 3.30. The second kappa shape index (κ2) is 10.1. The van der Waals surface area contributed by atoms with Crippen LogP contribution in [0.4, 0.5) is 0 Å². The first kappa shape index (κ1) is 23.0. The normalized spacial score (nSPS) is 16.6. The van der Waals surface area contributed by atoms with Gasteiger partial charge in [-0.3, -0.25) is 9.48 Å². The van der Waals surface area contributed by atoms with Gasteiger partial charge < -0.3 is 10.1 Å². The first-order chi connectivity index (χ1) is 14.8. The average molecular weight is 449 g/mol. The van der Waals surface area contributed by atoms with Gasteiger partial charge in [-0.1, -0.05) is 19.1 Å². The number of esters is 1. The first-order valence-electron chi connectivity index (χ1n) is 10.3. The van der Waals surface area contributed by atoms with Crippen LogP contribution in [0.25, 0.3) is 0 Å². The van der Waals surface area contributed by atoms with E-state index < -0.39 is 16.0 Å². The van der Waals surface area contributed by atoms with Crippen molar-refractivity contribution in [3.63, 3.8) is 0 Å². The second-order valence-corrected chi connectivity index (χ2v) is 9.65. The third-order valence-electron chi connectivity index (χ3n) is 5.42. The van der Waals surface area contributed by atoms with Crippen LogP contribution >= 0.6 is 0 Å². The van der Waals surface area contributed by atoms with Crippen molar-refractivity contribution in [2.75, 3.05) is 26.7 Å². The van der Waals surface area contributed by atoms with Gasteiger partial charge >= 0.3 is 5.97 Å². The molecule has 9 nitrogen and oxygen atoms in total. The number of sulfonamides is 1. The fourth-order valence-electron chi connectivity index (χ4n) is 3.68. The SMILES string of the molecule is COC(=O)c1ccccc1S(=O)(=O)N1CCC(C(=O)NCC(C)Cn2cccn2)CC1. The van der Waals surface area contributed by atoms with E-state index in [0.29, 0.717) is 25.9 Å². The summed E-state index contributed by atoms with van der Waals surface area (Å²) >= 11 is 0. The Balaban J connectivity index is 1.55. The van der Waals surface area contributed by atoms with Crippen molar-refractivity contribution in [2.24, 2.45) is 11.8 Å². The minimum absolute atomic E-state index is 0.0102. The van der Waals surface area contributed by atoms with Crippen molar-refractivity contribution in [1.29, 1.82) is 0 Å². The van der Waals surface area contributed by atoms with Gasteiger partial charge in [0.25, 0.3) is 0 Å². The minimum atomic E-state index is -3.86. The second-order valence-electron chi connectivity index (χ2n) is 7.74. The molecule has 1 aromatic carbocycles. The summed E-state index contributed by atoms with van der Waals surface area (Å²) in [4.78, 5) is 24.4. The number of rotatable bonds is 8. The fraction of sp³-hybridized carbons (Fsp3) is 0.476. The maximum atomic E-state index is 13.1. The summed E-state index contributed by atoms with van der Waals surface area (Å²) in [6.45, 7) is 3.72. The lowest BCUT2D eigenvalue weighted by Crippen LogP contribution is -2.44. The number of methoxy groups -OCH3 is 1. The zero-order chi connectivity index (χ0) is 22.4. The van der Waals surface area contributed by atoms with E-state index >= 15 is 0 Å². The molecule has 2 aromatic rings. The Morgan fingerprint density at radius 1 is 1.23 bits per heavy atom. The molecule has 1 unspecified atom stereocenters. The molecule has 1 aromatic heterocycles. The molecule has 1 saturated heterocycles. The topological polar surface area (TPSA) is 111 Å². The van der Waals surface area contributed by atoms with Gasteiger partial charge in [0.15, 0.2) is 0 Å². The molecule has 10 heteroatoms. The molecule has 3 rings (SSSR count). The molecular formula is C21H28N4O5S. The van der Waals surface area contributed by atoms with E-state index in [0.717, 1.165) is 0 Å². The van der Waals surface area contributed by atoms with Crippen molar-refractivity contribution in [3.8, 4) is 0 Å². The van der Waals surface area contributed by atoms with Crippen molar-refractivity contribution in [2.45, 2.75) is 31.2 Å². The van der Waals surface area contributed by atoms with Crippen LogP contribution < -0.4 is 5.32 Å². The van der Waals surface area contributed by atoms with Crippen molar-refractivity contribution < 1.29 is 22.7 Å². The molecule has 1 aliphatic rings. The lowest BCUT2D eigenvalue weighted by atomic mass is 9.97. The Hall–Kier alpha value is -2.72. The molecule has 168 valence electrons. The van der Waals surface area contributed by atoms with Gasteiger partial charge in [0.1, 0.15) is 0 Å². The highest BCUT2D eigenvalue weighted by molar-refractivity contribution is 7.89. The van der Waals surface area contributed by atoms with E-state index in [9.17, 15) is 18.0 Å². The van der Waals surface area contributed by atoms with Crippen LogP contribution in [-0.4, -0.2) is 61.1 Å². The Morgan fingerprint density at radius 3 is 2.58 bits per heavy atom. The highest BCUT2D eigenvalue weighted by atomic mass is 32.2. The molecule has 1 amide bonds. The molecule has 1 N–H and O–H groups in total. The molecule has 1 atom stereocenters. The molecule has 2 heterocycles. The number of nitrogens with zero attached hydrogens (tertiary/aromatic N) is 3. The molecule has 0 radical (unpaired) electrons. The van der Waals surface area contributed by atoms with E-state index in [1.807, 2.05) is 23.9 Å². The fourth-order valence-corrected chi connectivity index (χ4v) is 5.33. The largest absolute Gasteiger partial charge is 0.465 e. The van der Waals surface area contributed by atoms with E-state index in [1.165, 1.54) is 23.5 Å². The van der Waals surface area contributed by atoms with Gasteiger partial charge in [-0.15, -0.1) is 0 Å². The number of carbonyl (C=O) groups is 2. The zero-order valence-electron chi connectivity index (χ0n) is 17.7. The summed E-state index contributed by atoms with van der Waals surface area (Å²) in [6.07, 6.45) is 4.46. The van der Waals surface area contributed by atoms with Crippen LogP contribution in [0.2, 0.25) is 0 Å². The summed E-state index contributed by atoms with van der Waals surface area (Å²) in [5.41, 5.74) is 0.0102. The van der Waals surface area contributed by atoms with Crippen molar-refractivity contribution >= 4 is 21.9 Å². The van der Waals surface area contributed by atoms with Crippen LogP contribution in [0.3, 0.4) is 0 Å². The minimum Gasteiger partial charge on any atom is -0.465 e. The summed E-state index contributed by atoms with van der Waals surface area (Å²) in [5.74, 6) is -0.768. The summed E-state index contributed by atoms with van der Waals surface area (Å²) in [7, 11) is -2.65. The van der Waals surface area contributed by atoms with Crippen LogP contribution in [-0.2, 0) is 26.1 Å². The number of carbonyl (C=O) groups excluding carboxylic acids is 2. The standard InChI is InChI=1S/C21H28N4O5S/c1-16(15-24-11-5-10-23-24)14-22-20(26)17-8-12-25(13-9-17)31(28,29)19-7-4-3-6-18(19)21(27)30-2/h3-7,10-11,16-17H,8-9,12-15H2,1-2H3,(H,22,26). The highest BCUT2D eigenvalue weighted by Crippen LogP contribution is 2.26. The van der Waals surface area contributed by atoms with Crippen molar-refractivity contribution in [3.05, 3.63) is 48.3 Å². The van der Waals surface area contributed by atoms with E-state index in [4.69, 9.17) is 4.74 Å². The Labute approximate surface area is 182 Å². The molecule has 0 aliphatic carbocycles. The van der Waals surface area contributed by atoms with Crippen molar-refractivity contribution in [1.82, 2.24) is 19.4 Å². The molecule has 31 heavy (non-hydrogen) atoms. The van der Waals surface area contributed by atoms with Crippen LogP contribution in [0.1, 0.15) is 30.1 Å². The number of ether oxygens (including phenoxy) is 1. The van der Waals surface area contributed by atoms with E-state index in [-0.39, 0.29) is 41.3 Å².